The van der Waals surface area contributed by atoms with E-state index in [0.29, 0.717) is 21.8 Å². The molecule has 6 heteroatoms. The fraction of sp³-hybridized carbons (Fsp3) is 0.263. The number of anilines is 1. The molecule has 0 bridgehead atoms. The number of carbonyl (C=O) groups excluding carboxylic acids is 1. The van der Waals surface area contributed by atoms with Crippen LogP contribution in [0.4, 0.5) is 5.13 Å². The van der Waals surface area contributed by atoms with Gasteiger partial charge in [0.25, 0.3) is 5.91 Å². The van der Waals surface area contributed by atoms with Gasteiger partial charge in [0.2, 0.25) is 0 Å². The second-order valence-corrected chi connectivity index (χ2v) is 7.31. The molecular formula is C19H19ClN2O2S. The van der Waals surface area contributed by atoms with Crippen molar-refractivity contribution in [3.8, 4) is 5.75 Å². The number of aromatic nitrogens is 1. The Hall–Kier alpha value is -2.11. The second kappa shape index (κ2) is 7.85. The highest BCUT2D eigenvalue weighted by molar-refractivity contribution is 7.22. The molecule has 0 fully saturated rings. The van der Waals surface area contributed by atoms with Crippen molar-refractivity contribution in [3.05, 3.63) is 53.1 Å². The van der Waals surface area contributed by atoms with Crippen LogP contribution in [-0.2, 0) is 4.79 Å². The highest BCUT2D eigenvalue weighted by atomic mass is 35.5. The topological polar surface area (TPSA) is 51.2 Å². The number of hydrogen-bond acceptors (Lipinski definition) is 4. The average Bonchev–Trinajstić information content (AvgIpc) is 3.01. The van der Waals surface area contributed by atoms with E-state index in [1.807, 2.05) is 36.4 Å². The van der Waals surface area contributed by atoms with Crippen LogP contribution in [0.1, 0.15) is 31.7 Å². The summed E-state index contributed by atoms with van der Waals surface area (Å²) in [7, 11) is 0. The van der Waals surface area contributed by atoms with Crippen LogP contribution in [0.5, 0.6) is 5.75 Å². The Balaban J connectivity index is 1.56. The minimum Gasteiger partial charge on any atom is -0.484 e. The molecule has 1 aromatic heterocycles. The SMILES string of the molecule is CC[C@H](C)c1ccc(OCC(=O)Nc2nc3ccc(Cl)cc3s2)cc1. The van der Waals surface area contributed by atoms with Gasteiger partial charge in [-0.2, -0.15) is 0 Å². The standard InChI is InChI=1S/C19H19ClN2O2S/c1-3-12(2)13-4-7-15(8-5-13)24-11-18(23)22-19-21-16-9-6-14(20)10-17(16)25-19/h4-10,12H,3,11H2,1-2H3,(H,21,22,23)/t12-/m0/s1. The summed E-state index contributed by atoms with van der Waals surface area (Å²) in [5.74, 6) is 0.958. The largest absolute Gasteiger partial charge is 0.484 e. The second-order valence-electron chi connectivity index (χ2n) is 5.85. The third-order valence-corrected chi connectivity index (χ3v) is 5.20. The summed E-state index contributed by atoms with van der Waals surface area (Å²) in [6.07, 6.45) is 1.09. The number of amides is 1. The van der Waals surface area contributed by atoms with E-state index in [2.05, 4.69) is 24.1 Å². The quantitative estimate of drug-likeness (QED) is 0.621. The van der Waals surface area contributed by atoms with Gasteiger partial charge < -0.3 is 4.74 Å². The molecule has 3 aromatic rings. The number of fused-ring (bicyclic) bond motifs is 1. The summed E-state index contributed by atoms with van der Waals surface area (Å²) < 4.78 is 6.48. The molecule has 25 heavy (non-hydrogen) atoms. The van der Waals surface area contributed by atoms with Crippen molar-refractivity contribution in [3.63, 3.8) is 0 Å². The minimum atomic E-state index is -0.240. The van der Waals surface area contributed by atoms with Crippen molar-refractivity contribution in [2.75, 3.05) is 11.9 Å². The number of carbonyl (C=O) groups is 1. The molecule has 130 valence electrons. The zero-order chi connectivity index (χ0) is 17.8. The smallest absolute Gasteiger partial charge is 0.264 e. The molecule has 1 amide bonds. The van der Waals surface area contributed by atoms with E-state index in [1.165, 1.54) is 16.9 Å². The van der Waals surface area contributed by atoms with E-state index >= 15 is 0 Å². The van der Waals surface area contributed by atoms with Gasteiger partial charge in [-0.3, -0.25) is 10.1 Å². The lowest BCUT2D eigenvalue weighted by atomic mass is 9.99. The number of hydrogen-bond donors (Lipinski definition) is 1. The fourth-order valence-electron chi connectivity index (χ4n) is 2.38. The molecule has 0 aliphatic heterocycles. The predicted molar refractivity (Wildman–Crippen MR) is 104 cm³/mol. The van der Waals surface area contributed by atoms with Gasteiger partial charge >= 0.3 is 0 Å². The molecule has 1 atom stereocenters. The molecule has 2 aromatic carbocycles. The number of nitrogens with zero attached hydrogens (tertiary/aromatic N) is 1. The Kier molecular flexibility index (Phi) is 5.56. The van der Waals surface area contributed by atoms with Gasteiger partial charge in [0.1, 0.15) is 5.75 Å². The number of thiazole rings is 1. The first-order valence-corrected chi connectivity index (χ1v) is 9.33. The van der Waals surface area contributed by atoms with E-state index in [9.17, 15) is 4.79 Å². The summed E-state index contributed by atoms with van der Waals surface area (Å²) in [6, 6.07) is 13.3. The highest BCUT2D eigenvalue weighted by Gasteiger charge is 2.09. The van der Waals surface area contributed by atoms with Crippen LogP contribution in [0.2, 0.25) is 5.02 Å². The maximum atomic E-state index is 12.1. The van der Waals surface area contributed by atoms with E-state index in [1.54, 1.807) is 6.07 Å². The molecule has 0 aliphatic rings. The number of ether oxygens (including phenoxy) is 1. The molecule has 0 saturated heterocycles. The van der Waals surface area contributed by atoms with Gasteiger partial charge in [0, 0.05) is 5.02 Å². The Morgan fingerprint density at radius 1 is 1.28 bits per heavy atom. The van der Waals surface area contributed by atoms with Crippen molar-refractivity contribution in [1.82, 2.24) is 4.98 Å². The van der Waals surface area contributed by atoms with Crippen LogP contribution in [0.15, 0.2) is 42.5 Å². The van der Waals surface area contributed by atoms with E-state index in [-0.39, 0.29) is 12.5 Å². The molecule has 4 nitrogen and oxygen atoms in total. The lowest BCUT2D eigenvalue weighted by Crippen LogP contribution is -2.20. The van der Waals surface area contributed by atoms with E-state index in [0.717, 1.165) is 16.6 Å². The first-order valence-electron chi connectivity index (χ1n) is 8.14. The highest BCUT2D eigenvalue weighted by Crippen LogP contribution is 2.28. The average molecular weight is 375 g/mol. The van der Waals surface area contributed by atoms with Gasteiger partial charge in [-0.15, -0.1) is 0 Å². The zero-order valence-corrected chi connectivity index (χ0v) is 15.7. The number of nitrogens with one attached hydrogen (secondary N) is 1. The molecule has 0 spiro atoms. The van der Waals surface area contributed by atoms with Crippen LogP contribution in [-0.4, -0.2) is 17.5 Å². The summed E-state index contributed by atoms with van der Waals surface area (Å²) >= 11 is 7.35. The first-order chi connectivity index (χ1) is 12.0. The van der Waals surface area contributed by atoms with Crippen molar-refractivity contribution < 1.29 is 9.53 Å². The third kappa shape index (κ3) is 4.50. The summed E-state index contributed by atoms with van der Waals surface area (Å²) in [5.41, 5.74) is 2.08. The van der Waals surface area contributed by atoms with Crippen molar-refractivity contribution in [2.45, 2.75) is 26.2 Å². The third-order valence-electron chi connectivity index (χ3n) is 4.03. The maximum Gasteiger partial charge on any atom is 0.264 e. The molecule has 1 N–H and O–H groups in total. The molecule has 3 rings (SSSR count). The van der Waals surface area contributed by atoms with Crippen LogP contribution in [0.25, 0.3) is 10.2 Å². The van der Waals surface area contributed by atoms with Crippen molar-refractivity contribution in [2.24, 2.45) is 0 Å². The minimum absolute atomic E-state index is 0.0562. The lowest BCUT2D eigenvalue weighted by Gasteiger charge is -2.10. The predicted octanol–water partition coefficient (Wildman–Crippen LogP) is 5.48. The van der Waals surface area contributed by atoms with Gasteiger partial charge in [0.05, 0.1) is 10.2 Å². The Morgan fingerprint density at radius 3 is 2.76 bits per heavy atom. The Morgan fingerprint density at radius 2 is 2.04 bits per heavy atom. The normalized spacial score (nSPS) is 12.1. The summed E-state index contributed by atoms with van der Waals surface area (Å²) in [4.78, 5) is 16.4. The van der Waals surface area contributed by atoms with Gasteiger partial charge in [-0.25, -0.2) is 4.98 Å². The summed E-state index contributed by atoms with van der Waals surface area (Å²) in [5, 5.41) is 3.95. The molecule has 0 radical (unpaired) electrons. The number of benzene rings is 2. The molecule has 0 aliphatic carbocycles. The molecular weight excluding hydrogens is 356 g/mol. The molecule has 1 heterocycles. The maximum absolute atomic E-state index is 12.1. The van der Waals surface area contributed by atoms with Crippen LogP contribution in [0.3, 0.4) is 0 Å². The van der Waals surface area contributed by atoms with Crippen LogP contribution < -0.4 is 10.1 Å². The lowest BCUT2D eigenvalue weighted by molar-refractivity contribution is -0.118. The van der Waals surface area contributed by atoms with Crippen LogP contribution in [0, 0.1) is 0 Å². The van der Waals surface area contributed by atoms with Gasteiger partial charge in [-0.05, 0) is 48.2 Å². The monoisotopic (exact) mass is 374 g/mol. The summed E-state index contributed by atoms with van der Waals surface area (Å²) in [6.45, 7) is 4.29. The molecule has 0 saturated carbocycles. The Labute approximate surface area is 155 Å². The van der Waals surface area contributed by atoms with Gasteiger partial charge in [-0.1, -0.05) is 48.9 Å². The number of halogens is 1. The zero-order valence-electron chi connectivity index (χ0n) is 14.1. The fourth-order valence-corrected chi connectivity index (χ4v) is 3.54. The molecule has 0 unspecified atom stereocenters. The first kappa shape index (κ1) is 17.7. The van der Waals surface area contributed by atoms with Crippen molar-refractivity contribution in [1.29, 1.82) is 0 Å². The van der Waals surface area contributed by atoms with E-state index in [4.69, 9.17) is 16.3 Å². The van der Waals surface area contributed by atoms with Crippen LogP contribution >= 0.6 is 22.9 Å². The van der Waals surface area contributed by atoms with Gasteiger partial charge in [0.15, 0.2) is 11.7 Å². The number of rotatable bonds is 6. The van der Waals surface area contributed by atoms with Crippen molar-refractivity contribution >= 4 is 44.2 Å². The van der Waals surface area contributed by atoms with E-state index < -0.39 is 0 Å². The Bertz CT molecular complexity index is 877.